The number of hydrogen-bond acceptors (Lipinski definition) is 5. The molecule has 0 fully saturated rings. The van der Waals surface area contributed by atoms with Gasteiger partial charge in [-0.2, -0.15) is 18.4 Å². The van der Waals surface area contributed by atoms with Gasteiger partial charge in [-0.1, -0.05) is 6.07 Å². The molecule has 0 amide bonds. The summed E-state index contributed by atoms with van der Waals surface area (Å²) in [6.45, 7) is 0. The summed E-state index contributed by atoms with van der Waals surface area (Å²) < 4.78 is 39.6. The van der Waals surface area contributed by atoms with E-state index in [1.807, 2.05) is 6.07 Å². The molecular formula is C16H8F3N5O2. The number of alkyl halides is 3. The highest BCUT2D eigenvalue weighted by atomic mass is 19.4. The van der Waals surface area contributed by atoms with Crippen LogP contribution in [0, 0.1) is 11.3 Å². The minimum absolute atomic E-state index is 0.0184. The number of carbonyl (C=O) groups is 1. The molecule has 0 spiro atoms. The van der Waals surface area contributed by atoms with Crippen LogP contribution in [0.2, 0.25) is 0 Å². The molecule has 26 heavy (non-hydrogen) atoms. The molecule has 0 bridgehead atoms. The Hall–Kier alpha value is -3.74. The van der Waals surface area contributed by atoms with E-state index in [1.54, 1.807) is 6.07 Å². The van der Waals surface area contributed by atoms with Crippen LogP contribution in [-0.2, 0) is 6.18 Å². The molecule has 0 saturated heterocycles. The zero-order chi connectivity index (χ0) is 18.9. The summed E-state index contributed by atoms with van der Waals surface area (Å²) in [5.41, 5.74) is -0.998. The summed E-state index contributed by atoms with van der Waals surface area (Å²) in [5.74, 6) is -1.82. The SMILES string of the molecule is N#Cc1cccc(N=Nc2c(C(=O)O)nc3ccc(C(F)(F)F)cn23)c1. The quantitative estimate of drug-likeness (QED) is 0.703. The molecule has 2 heterocycles. The Bertz CT molecular complexity index is 1080. The second-order valence-electron chi connectivity index (χ2n) is 5.10. The summed E-state index contributed by atoms with van der Waals surface area (Å²) in [4.78, 5) is 15.1. The fourth-order valence-corrected chi connectivity index (χ4v) is 2.18. The lowest BCUT2D eigenvalue weighted by atomic mass is 10.2. The van der Waals surface area contributed by atoms with E-state index < -0.39 is 23.4 Å². The summed E-state index contributed by atoms with van der Waals surface area (Å²) >= 11 is 0. The number of nitriles is 1. The van der Waals surface area contributed by atoms with Crippen molar-refractivity contribution in [1.82, 2.24) is 9.38 Å². The van der Waals surface area contributed by atoms with Crippen LogP contribution in [0.25, 0.3) is 5.65 Å². The van der Waals surface area contributed by atoms with Crippen LogP contribution in [0.3, 0.4) is 0 Å². The van der Waals surface area contributed by atoms with Gasteiger partial charge in [0.25, 0.3) is 0 Å². The Labute approximate surface area is 143 Å². The molecule has 0 aliphatic heterocycles. The Balaban J connectivity index is 2.15. The number of hydrogen-bond donors (Lipinski definition) is 1. The van der Waals surface area contributed by atoms with Gasteiger partial charge in [-0.25, -0.2) is 9.78 Å². The first kappa shape index (κ1) is 17.1. The lowest BCUT2D eigenvalue weighted by molar-refractivity contribution is -0.137. The normalized spacial score (nSPS) is 11.8. The van der Waals surface area contributed by atoms with E-state index in [4.69, 9.17) is 5.26 Å². The van der Waals surface area contributed by atoms with Crippen molar-refractivity contribution >= 4 is 23.1 Å². The molecule has 1 N–H and O–H groups in total. The van der Waals surface area contributed by atoms with Gasteiger partial charge in [0, 0.05) is 6.20 Å². The van der Waals surface area contributed by atoms with Gasteiger partial charge in [0.05, 0.1) is 22.9 Å². The maximum atomic E-state index is 12.9. The molecule has 3 rings (SSSR count). The van der Waals surface area contributed by atoms with Crippen LogP contribution >= 0.6 is 0 Å². The van der Waals surface area contributed by atoms with Gasteiger partial charge in [-0.3, -0.25) is 4.40 Å². The van der Waals surface area contributed by atoms with Crippen molar-refractivity contribution in [3.63, 3.8) is 0 Å². The zero-order valence-corrected chi connectivity index (χ0v) is 12.8. The molecule has 7 nitrogen and oxygen atoms in total. The zero-order valence-electron chi connectivity index (χ0n) is 12.8. The standard InChI is InChI=1S/C16H8F3N5O2/c17-16(18,19)10-4-5-12-21-13(15(25)26)14(24(12)8-10)23-22-11-3-1-2-9(6-11)7-20/h1-6,8H,(H,25,26). The van der Waals surface area contributed by atoms with Crippen molar-refractivity contribution in [2.75, 3.05) is 0 Å². The van der Waals surface area contributed by atoms with Gasteiger partial charge in [-0.15, -0.1) is 10.2 Å². The molecule has 0 radical (unpaired) electrons. The van der Waals surface area contributed by atoms with Gasteiger partial charge in [0.2, 0.25) is 0 Å². The van der Waals surface area contributed by atoms with E-state index in [2.05, 4.69) is 15.2 Å². The van der Waals surface area contributed by atoms with Gasteiger partial charge >= 0.3 is 12.1 Å². The third-order valence-corrected chi connectivity index (χ3v) is 3.36. The Morgan fingerprint density at radius 2 is 2.00 bits per heavy atom. The first-order valence-electron chi connectivity index (χ1n) is 7.04. The summed E-state index contributed by atoms with van der Waals surface area (Å²) in [5, 5.41) is 25.7. The van der Waals surface area contributed by atoms with Gasteiger partial charge in [0.15, 0.2) is 11.5 Å². The van der Waals surface area contributed by atoms with Crippen molar-refractivity contribution in [1.29, 1.82) is 5.26 Å². The first-order chi connectivity index (χ1) is 12.3. The fraction of sp³-hybridized carbons (Fsp3) is 0.0625. The maximum Gasteiger partial charge on any atom is 0.417 e. The predicted molar refractivity (Wildman–Crippen MR) is 82.5 cm³/mol. The lowest BCUT2D eigenvalue weighted by Crippen LogP contribution is -2.06. The highest BCUT2D eigenvalue weighted by Gasteiger charge is 2.31. The van der Waals surface area contributed by atoms with Crippen LogP contribution in [0.15, 0.2) is 52.8 Å². The molecule has 10 heteroatoms. The van der Waals surface area contributed by atoms with Crippen molar-refractivity contribution in [2.45, 2.75) is 6.18 Å². The highest BCUT2D eigenvalue weighted by molar-refractivity contribution is 5.91. The van der Waals surface area contributed by atoms with Crippen LogP contribution < -0.4 is 0 Å². The van der Waals surface area contributed by atoms with Crippen LogP contribution in [0.4, 0.5) is 24.7 Å². The molecule has 0 saturated carbocycles. The smallest absolute Gasteiger partial charge is 0.417 e. The maximum absolute atomic E-state index is 12.9. The average Bonchev–Trinajstić information content (AvgIpc) is 2.97. The summed E-state index contributed by atoms with van der Waals surface area (Å²) in [6.07, 6.45) is -3.91. The van der Waals surface area contributed by atoms with Crippen molar-refractivity contribution in [2.24, 2.45) is 10.2 Å². The van der Waals surface area contributed by atoms with E-state index in [0.29, 0.717) is 11.8 Å². The van der Waals surface area contributed by atoms with Crippen molar-refractivity contribution < 1.29 is 23.1 Å². The number of benzene rings is 1. The largest absolute Gasteiger partial charge is 0.476 e. The van der Waals surface area contributed by atoms with Crippen LogP contribution in [0.1, 0.15) is 21.6 Å². The van der Waals surface area contributed by atoms with Gasteiger partial charge in [-0.05, 0) is 30.3 Å². The van der Waals surface area contributed by atoms with E-state index in [9.17, 15) is 23.1 Å². The number of aromatic carboxylic acids is 1. The number of carboxylic acids is 1. The third kappa shape index (κ3) is 3.23. The third-order valence-electron chi connectivity index (χ3n) is 3.36. The number of carboxylic acid groups (broad SMARTS) is 1. The molecule has 2 aromatic heterocycles. The van der Waals surface area contributed by atoms with Crippen LogP contribution in [-0.4, -0.2) is 20.5 Å². The Kier molecular flexibility index (Phi) is 4.13. The molecule has 130 valence electrons. The average molecular weight is 359 g/mol. The topological polar surface area (TPSA) is 103 Å². The minimum Gasteiger partial charge on any atom is -0.476 e. The van der Waals surface area contributed by atoms with E-state index in [0.717, 1.165) is 16.5 Å². The Morgan fingerprint density at radius 3 is 2.65 bits per heavy atom. The predicted octanol–water partition coefficient (Wildman–Crippen LogP) is 4.34. The number of imidazole rings is 1. The van der Waals surface area contributed by atoms with Gasteiger partial charge < -0.3 is 5.11 Å². The monoisotopic (exact) mass is 359 g/mol. The van der Waals surface area contributed by atoms with E-state index in [1.165, 1.54) is 18.2 Å². The Morgan fingerprint density at radius 1 is 1.23 bits per heavy atom. The van der Waals surface area contributed by atoms with Crippen LogP contribution in [0.5, 0.6) is 0 Å². The second-order valence-corrected chi connectivity index (χ2v) is 5.10. The number of rotatable bonds is 3. The van der Waals surface area contributed by atoms with E-state index in [-0.39, 0.29) is 17.2 Å². The van der Waals surface area contributed by atoms with E-state index >= 15 is 0 Å². The molecule has 0 aliphatic rings. The highest BCUT2D eigenvalue weighted by Crippen LogP contribution is 2.32. The molecule has 0 unspecified atom stereocenters. The molecule has 0 aliphatic carbocycles. The second kappa shape index (κ2) is 6.29. The molecular weight excluding hydrogens is 351 g/mol. The summed E-state index contributed by atoms with van der Waals surface area (Å²) in [7, 11) is 0. The van der Waals surface area contributed by atoms with Crippen molar-refractivity contribution in [3.05, 3.63) is 59.4 Å². The number of halogens is 3. The number of pyridine rings is 1. The minimum atomic E-state index is -4.61. The molecule has 1 aromatic carbocycles. The number of azo groups is 1. The molecule has 0 atom stereocenters. The number of aromatic nitrogens is 2. The number of fused-ring (bicyclic) bond motifs is 1. The summed E-state index contributed by atoms with van der Waals surface area (Å²) in [6, 6.07) is 9.73. The first-order valence-corrected chi connectivity index (χ1v) is 7.04. The lowest BCUT2D eigenvalue weighted by Gasteiger charge is -2.06. The van der Waals surface area contributed by atoms with Crippen molar-refractivity contribution in [3.8, 4) is 6.07 Å². The number of nitrogens with zero attached hydrogens (tertiary/aromatic N) is 5. The fourth-order valence-electron chi connectivity index (χ4n) is 2.18. The molecule has 3 aromatic rings. The van der Waals surface area contributed by atoms with Gasteiger partial charge in [0.1, 0.15) is 5.65 Å².